The molecule has 2 radical (unpaired) electrons. The van der Waals surface area contributed by atoms with Crippen LogP contribution < -0.4 is 0 Å². The number of aromatic nitrogens is 4. The molecule has 0 saturated heterocycles. The van der Waals surface area contributed by atoms with Gasteiger partial charge in [0, 0.05) is 34.3 Å². The van der Waals surface area contributed by atoms with Gasteiger partial charge in [0.1, 0.15) is 0 Å². The topological polar surface area (TPSA) is 51.6 Å². The van der Waals surface area contributed by atoms with Gasteiger partial charge in [0.25, 0.3) is 0 Å². The van der Waals surface area contributed by atoms with Crippen molar-refractivity contribution in [2.75, 3.05) is 0 Å². The van der Waals surface area contributed by atoms with E-state index in [1.54, 1.807) is 0 Å². The summed E-state index contributed by atoms with van der Waals surface area (Å²) < 4.78 is 0. The van der Waals surface area contributed by atoms with Gasteiger partial charge >= 0.3 is 37.9 Å². The molecule has 0 saturated carbocycles. The number of pyridine rings is 4. The van der Waals surface area contributed by atoms with E-state index in [1.165, 1.54) is 32.7 Å². The van der Waals surface area contributed by atoms with E-state index >= 15 is 0 Å². The van der Waals surface area contributed by atoms with Crippen molar-refractivity contribution in [2.24, 2.45) is 0 Å². The average Bonchev–Trinajstić information content (AvgIpc) is 3.73. The molecule has 0 bridgehead atoms. The van der Waals surface area contributed by atoms with Crippen LogP contribution in [0, 0.1) is 13.8 Å². The second-order valence-corrected chi connectivity index (χ2v) is 16.3. The fraction of sp³-hybridized carbons (Fsp3) is 0.0952. The fourth-order valence-electron chi connectivity index (χ4n) is 5.77. The van der Waals surface area contributed by atoms with Crippen LogP contribution in [0.25, 0.3) is 66.6 Å². The van der Waals surface area contributed by atoms with Gasteiger partial charge in [-0.3, -0.25) is 19.9 Å². The summed E-state index contributed by atoms with van der Waals surface area (Å²) in [7, 11) is 11.0. The zero-order valence-electron chi connectivity index (χ0n) is 28.4. The average molecular weight is 787 g/mol. The molecular formula is C42H36Cl2N4SiZr. The van der Waals surface area contributed by atoms with Crippen LogP contribution in [-0.2, 0) is 20.8 Å². The van der Waals surface area contributed by atoms with E-state index in [9.17, 15) is 0 Å². The van der Waals surface area contributed by atoms with Gasteiger partial charge in [0.05, 0.1) is 22.8 Å². The van der Waals surface area contributed by atoms with Crippen LogP contribution in [0.1, 0.15) is 11.1 Å². The molecule has 0 N–H and O–H groups in total. The van der Waals surface area contributed by atoms with Crippen LogP contribution >= 0.6 is 17.0 Å². The Balaban J connectivity index is 0.000000168. The van der Waals surface area contributed by atoms with Gasteiger partial charge in [-0.2, -0.15) is 12.1 Å². The number of aryl methyl sites for hydroxylation is 2. The second-order valence-electron chi connectivity index (χ2n) is 11.6. The number of benzene rings is 2. The summed E-state index contributed by atoms with van der Waals surface area (Å²) >= 11 is -0.826. The summed E-state index contributed by atoms with van der Waals surface area (Å²) in [6.45, 7) is 8.56. The standard InChI is InChI=1S/2C20H15N2.C2H6Si.2ClH.Zr/c2*1-14-10-15-12-16(19-6-2-4-8-21-19)13-18(17(15)11-14)20-7-3-5-9-22-20;1-3-2;;;/h2*2-13H,1H3;1-2H3;2*1H;/q2*-1;;;;+4/p-2. The van der Waals surface area contributed by atoms with E-state index in [4.69, 9.17) is 17.0 Å². The van der Waals surface area contributed by atoms with Gasteiger partial charge < -0.3 is 0 Å². The van der Waals surface area contributed by atoms with Crippen LogP contribution in [0.15, 0.2) is 146 Å². The van der Waals surface area contributed by atoms with E-state index in [0.717, 1.165) is 54.5 Å². The number of halogens is 2. The molecule has 50 heavy (non-hydrogen) atoms. The molecule has 4 aromatic carbocycles. The number of fused-ring (bicyclic) bond motifs is 2. The van der Waals surface area contributed by atoms with Gasteiger partial charge in [-0.1, -0.05) is 63.3 Å². The van der Waals surface area contributed by atoms with Crippen LogP contribution in [0.3, 0.4) is 0 Å². The van der Waals surface area contributed by atoms with Crippen LogP contribution in [0.4, 0.5) is 0 Å². The second kappa shape index (κ2) is 18.8. The molecule has 0 fully saturated rings. The number of nitrogens with zero attached hydrogens (tertiary/aromatic N) is 4. The van der Waals surface area contributed by atoms with Crippen molar-refractivity contribution in [3.63, 3.8) is 0 Å². The molecule has 0 aliphatic carbocycles. The van der Waals surface area contributed by atoms with Gasteiger partial charge in [0.15, 0.2) is 0 Å². The molecule has 8 aromatic rings. The Bertz CT molecular complexity index is 2060. The van der Waals surface area contributed by atoms with E-state index in [2.05, 4.69) is 108 Å². The first-order chi connectivity index (χ1) is 24.4. The van der Waals surface area contributed by atoms with Crippen LogP contribution in [0.5, 0.6) is 0 Å². The van der Waals surface area contributed by atoms with E-state index in [1.807, 2.05) is 85.5 Å². The molecule has 4 nitrogen and oxygen atoms in total. The Morgan fingerprint density at radius 3 is 1.12 bits per heavy atom. The van der Waals surface area contributed by atoms with Crippen LogP contribution in [-0.4, -0.2) is 29.5 Å². The molecule has 4 aromatic heterocycles. The minimum absolute atomic E-state index is 0.826. The molecule has 4 heterocycles. The van der Waals surface area contributed by atoms with Crippen molar-refractivity contribution in [2.45, 2.75) is 26.9 Å². The van der Waals surface area contributed by atoms with Crippen molar-refractivity contribution < 1.29 is 20.8 Å². The fourth-order valence-corrected chi connectivity index (χ4v) is 5.77. The first-order valence-electron chi connectivity index (χ1n) is 16.1. The summed E-state index contributed by atoms with van der Waals surface area (Å²) in [5, 5.41) is 4.97. The Kier molecular flexibility index (Phi) is 14.0. The van der Waals surface area contributed by atoms with Crippen molar-refractivity contribution in [3.8, 4) is 45.0 Å². The molecule has 0 amide bonds. The molecule has 0 atom stereocenters. The first kappa shape index (κ1) is 37.2. The van der Waals surface area contributed by atoms with Crippen molar-refractivity contribution in [1.29, 1.82) is 0 Å². The van der Waals surface area contributed by atoms with Crippen molar-refractivity contribution in [3.05, 3.63) is 157 Å². The quantitative estimate of drug-likeness (QED) is 0.132. The third-order valence-electron chi connectivity index (χ3n) is 7.74. The number of rotatable bonds is 4. The molecule has 0 aliphatic rings. The molecule has 246 valence electrons. The number of hydrogen-bond donors (Lipinski definition) is 0. The van der Waals surface area contributed by atoms with E-state index < -0.39 is 20.8 Å². The normalized spacial score (nSPS) is 10.2. The predicted molar refractivity (Wildman–Crippen MR) is 211 cm³/mol. The first-order valence-corrected chi connectivity index (χ1v) is 24.4. The summed E-state index contributed by atoms with van der Waals surface area (Å²) in [6, 6.07) is 41.7. The molecular weight excluding hydrogens is 751 g/mol. The summed E-state index contributed by atoms with van der Waals surface area (Å²) in [5.41, 5.74) is 11.1. The predicted octanol–water partition coefficient (Wildman–Crippen LogP) is 12.1. The van der Waals surface area contributed by atoms with Gasteiger partial charge in [-0.25, -0.2) is 0 Å². The molecule has 0 unspecified atom stereocenters. The third kappa shape index (κ3) is 9.58. The van der Waals surface area contributed by atoms with Crippen molar-refractivity contribution in [1.82, 2.24) is 19.9 Å². The maximum atomic E-state index is 4.93. The van der Waals surface area contributed by atoms with E-state index in [-0.39, 0.29) is 0 Å². The Morgan fingerprint density at radius 1 is 0.500 bits per heavy atom. The van der Waals surface area contributed by atoms with E-state index in [0.29, 0.717) is 0 Å². The SMILES string of the molecule is C[Si]C.Cc1cc2c(-c3ccccn3)cc(-c3ccccn3)cc2[cH-]1.Cc1cc2c(-c3ccccn3)cc(-c3ccccn3)cc2[cH-]1.[Cl][Zr+2][Cl]. The van der Waals surface area contributed by atoms with Crippen LogP contribution in [0.2, 0.25) is 13.1 Å². The van der Waals surface area contributed by atoms with Gasteiger partial charge in [0.2, 0.25) is 0 Å². The minimum atomic E-state index is -0.826. The molecule has 0 aliphatic heterocycles. The van der Waals surface area contributed by atoms with Crippen molar-refractivity contribution >= 4 is 48.1 Å². The third-order valence-corrected chi connectivity index (χ3v) is 7.74. The van der Waals surface area contributed by atoms with Gasteiger partial charge in [-0.05, 0) is 70.8 Å². The molecule has 8 heteroatoms. The summed E-state index contributed by atoms with van der Waals surface area (Å²) in [5.74, 6) is 0. The zero-order valence-corrected chi connectivity index (χ0v) is 33.4. The Labute approximate surface area is 315 Å². The Morgan fingerprint density at radius 2 is 0.820 bits per heavy atom. The summed E-state index contributed by atoms with van der Waals surface area (Å²) in [6.07, 6.45) is 7.33. The maximum absolute atomic E-state index is 4.93. The molecule has 8 rings (SSSR count). The Hall–Kier alpha value is -4.06. The number of hydrogen-bond acceptors (Lipinski definition) is 4. The monoisotopic (exact) mass is 784 g/mol. The molecule has 0 spiro atoms. The zero-order chi connectivity index (χ0) is 35.3. The van der Waals surface area contributed by atoms with Gasteiger partial charge in [-0.15, -0.1) is 56.9 Å². The summed E-state index contributed by atoms with van der Waals surface area (Å²) in [4.78, 5) is 18.0.